The zero-order valence-corrected chi connectivity index (χ0v) is 8.90. The normalized spacial score (nSPS) is 13.2. The van der Waals surface area contributed by atoms with Gasteiger partial charge >= 0.3 is 6.09 Å². The summed E-state index contributed by atoms with van der Waals surface area (Å²) in [5, 5.41) is 3.12. The standard InChI is InChI=1S/C10H14N4O2/c11-10(15)16-5-4-12-9-7-2-1-3-8(7)13-6-14-9/h6H,1-5H2,(H2,11,15)(H,12,13,14). The minimum Gasteiger partial charge on any atom is -0.448 e. The lowest BCUT2D eigenvalue weighted by molar-refractivity contribution is 0.161. The van der Waals surface area contributed by atoms with E-state index in [-0.39, 0.29) is 6.61 Å². The minimum atomic E-state index is -0.755. The molecule has 2 rings (SSSR count). The first-order chi connectivity index (χ1) is 7.77. The zero-order valence-electron chi connectivity index (χ0n) is 8.90. The number of rotatable bonds is 4. The average Bonchev–Trinajstić information content (AvgIpc) is 2.72. The van der Waals surface area contributed by atoms with E-state index in [0.717, 1.165) is 30.8 Å². The molecule has 0 fully saturated rings. The van der Waals surface area contributed by atoms with Crippen molar-refractivity contribution < 1.29 is 9.53 Å². The average molecular weight is 222 g/mol. The van der Waals surface area contributed by atoms with Crippen LogP contribution in [0, 0.1) is 0 Å². The van der Waals surface area contributed by atoms with Crippen molar-refractivity contribution in [3.8, 4) is 0 Å². The molecule has 0 aliphatic heterocycles. The Morgan fingerprint density at radius 2 is 2.38 bits per heavy atom. The molecular formula is C10H14N4O2. The van der Waals surface area contributed by atoms with Crippen LogP contribution >= 0.6 is 0 Å². The molecule has 16 heavy (non-hydrogen) atoms. The number of ether oxygens (including phenoxy) is 1. The molecule has 3 N–H and O–H groups in total. The van der Waals surface area contributed by atoms with Gasteiger partial charge in [0.2, 0.25) is 0 Å². The SMILES string of the molecule is NC(=O)OCCNc1ncnc2c1CCC2. The van der Waals surface area contributed by atoms with Crippen molar-refractivity contribution >= 4 is 11.9 Å². The summed E-state index contributed by atoms with van der Waals surface area (Å²) >= 11 is 0. The fourth-order valence-corrected chi connectivity index (χ4v) is 1.83. The van der Waals surface area contributed by atoms with E-state index in [1.165, 1.54) is 5.56 Å². The number of hydrogen-bond acceptors (Lipinski definition) is 5. The third-order valence-corrected chi connectivity index (χ3v) is 2.51. The smallest absolute Gasteiger partial charge is 0.404 e. The van der Waals surface area contributed by atoms with E-state index < -0.39 is 6.09 Å². The van der Waals surface area contributed by atoms with Crippen molar-refractivity contribution in [2.75, 3.05) is 18.5 Å². The molecule has 0 aromatic carbocycles. The van der Waals surface area contributed by atoms with Crippen LogP contribution in [0.4, 0.5) is 10.6 Å². The monoisotopic (exact) mass is 222 g/mol. The van der Waals surface area contributed by atoms with Crippen LogP contribution in [0.5, 0.6) is 0 Å². The number of hydrogen-bond donors (Lipinski definition) is 2. The van der Waals surface area contributed by atoms with Gasteiger partial charge in [-0.3, -0.25) is 0 Å². The van der Waals surface area contributed by atoms with E-state index in [9.17, 15) is 4.79 Å². The van der Waals surface area contributed by atoms with Crippen molar-refractivity contribution in [2.45, 2.75) is 19.3 Å². The highest BCUT2D eigenvalue weighted by atomic mass is 16.5. The Kier molecular flexibility index (Phi) is 3.19. The van der Waals surface area contributed by atoms with Crippen LogP contribution in [-0.2, 0) is 17.6 Å². The summed E-state index contributed by atoms with van der Waals surface area (Å²) in [4.78, 5) is 18.7. The maximum absolute atomic E-state index is 10.3. The van der Waals surface area contributed by atoms with Crippen LogP contribution in [0.2, 0.25) is 0 Å². The van der Waals surface area contributed by atoms with E-state index in [1.807, 2.05) is 0 Å². The molecule has 0 saturated carbocycles. The Morgan fingerprint density at radius 3 is 3.19 bits per heavy atom. The Labute approximate surface area is 93.2 Å². The van der Waals surface area contributed by atoms with Gasteiger partial charge in [-0.2, -0.15) is 0 Å². The summed E-state index contributed by atoms with van der Waals surface area (Å²) in [6.45, 7) is 0.750. The number of nitrogens with two attached hydrogens (primary N) is 1. The predicted octanol–water partition coefficient (Wildman–Crippen LogP) is 0.472. The molecule has 0 saturated heterocycles. The molecule has 0 bridgehead atoms. The summed E-state index contributed by atoms with van der Waals surface area (Å²) < 4.78 is 4.62. The Hall–Kier alpha value is -1.85. The van der Waals surface area contributed by atoms with Crippen molar-refractivity contribution in [3.63, 3.8) is 0 Å². The lowest BCUT2D eigenvalue weighted by Crippen LogP contribution is -2.19. The zero-order chi connectivity index (χ0) is 11.4. The van der Waals surface area contributed by atoms with Crippen LogP contribution in [0.1, 0.15) is 17.7 Å². The number of primary amides is 1. The Bertz CT molecular complexity index is 394. The van der Waals surface area contributed by atoms with Gasteiger partial charge < -0.3 is 15.8 Å². The Balaban J connectivity index is 1.90. The molecule has 1 amide bonds. The highest BCUT2D eigenvalue weighted by molar-refractivity contribution is 5.64. The van der Waals surface area contributed by atoms with E-state index in [1.54, 1.807) is 6.33 Å². The minimum absolute atomic E-state index is 0.244. The lowest BCUT2D eigenvalue weighted by Gasteiger charge is -2.08. The number of carbonyl (C=O) groups excluding carboxylic acids is 1. The maximum atomic E-state index is 10.3. The molecule has 1 aliphatic carbocycles. The van der Waals surface area contributed by atoms with Gasteiger partial charge in [0.25, 0.3) is 0 Å². The van der Waals surface area contributed by atoms with Gasteiger partial charge in [0.1, 0.15) is 18.8 Å². The second-order valence-corrected chi connectivity index (χ2v) is 3.60. The van der Waals surface area contributed by atoms with E-state index in [2.05, 4.69) is 20.0 Å². The first-order valence-corrected chi connectivity index (χ1v) is 5.26. The van der Waals surface area contributed by atoms with Crippen molar-refractivity contribution in [2.24, 2.45) is 5.73 Å². The van der Waals surface area contributed by atoms with Gasteiger partial charge in [0.15, 0.2) is 0 Å². The van der Waals surface area contributed by atoms with Crippen LogP contribution < -0.4 is 11.1 Å². The highest BCUT2D eigenvalue weighted by Gasteiger charge is 2.16. The fourth-order valence-electron chi connectivity index (χ4n) is 1.83. The van der Waals surface area contributed by atoms with Gasteiger partial charge in [-0.15, -0.1) is 0 Å². The molecule has 0 spiro atoms. The molecule has 1 aromatic rings. The molecule has 86 valence electrons. The topological polar surface area (TPSA) is 90.1 Å². The first-order valence-electron chi connectivity index (χ1n) is 5.26. The molecule has 0 atom stereocenters. The maximum Gasteiger partial charge on any atom is 0.404 e. The molecule has 6 heteroatoms. The van der Waals surface area contributed by atoms with Crippen LogP contribution in [0.15, 0.2) is 6.33 Å². The fraction of sp³-hybridized carbons (Fsp3) is 0.500. The molecule has 0 unspecified atom stereocenters. The Morgan fingerprint density at radius 1 is 1.50 bits per heavy atom. The van der Waals surface area contributed by atoms with Crippen LogP contribution in [0.25, 0.3) is 0 Å². The van der Waals surface area contributed by atoms with Gasteiger partial charge in [-0.05, 0) is 19.3 Å². The molecular weight excluding hydrogens is 208 g/mol. The van der Waals surface area contributed by atoms with Crippen molar-refractivity contribution in [1.29, 1.82) is 0 Å². The van der Waals surface area contributed by atoms with Gasteiger partial charge in [0, 0.05) is 11.3 Å². The quantitative estimate of drug-likeness (QED) is 0.723. The largest absolute Gasteiger partial charge is 0.448 e. The van der Waals surface area contributed by atoms with Crippen LogP contribution in [0.3, 0.4) is 0 Å². The summed E-state index contributed by atoms with van der Waals surface area (Å²) in [5.41, 5.74) is 7.15. The number of nitrogens with one attached hydrogen (secondary N) is 1. The second kappa shape index (κ2) is 4.78. The van der Waals surface area contributed by atoms with Gasteiger partial charge in [0.05, 0.1) is 6.54 Å². The lowest BCUT2D eigenvalue weighted by atomic mass is 10.2. The number of amides is 1. The summed E-state index contributed by atoms with van der Waals surface area (Å²) in [5.74, 6) is 0.843. The molecule has 1 aromatic heterocycles. The molecule has 6 nitrogen and oxygen atoms in total. The second-order valence-electron chi connectivity index (χ2n) is 3.60. The van der Waals surface area contributed by atoms with E-state index >= 15 is 0 Å². The third-order valence-electron chi connectivity index (χ3n) is 2.51. The van der Waals surface area contributed by atoms with Gasteiger partial charge in [-0.1, -0.05) is 0 Å². The first kappa shape index (κ1) is 10.7. The molecule has 1 heterocycles. The number of aromatic nitrogens is 2. The third kappa shape index (κ3) is 2.39. The highest BCUT2D eigenvalue weighted by Crippen LogP contribution is 2.24. The van der Waals surface area contributed by atoms with Crippen molar-refractivity contribution in [3.05, 3.63) is 17.6 Å². The number of nitrogens with zero attached hydrogens (tertiary/aromatic N) is 2. The van der Waals surface area contributed by atoms with E-state index in [0.29, 0.717) is 6.54 Å². The van der Waals surface area contributed by atoms with Crippen molar-refractivity contribution in [1.82, 2.24) is 9.97 Å². The summed E-state index contributed by atoms with van der Waals surface area (Å²) in [7, 11) is 0. The summed E-state index contributed by atoms with van der Waals surface area (Å²) in [6, 6.07) is 0. The predicted molar refractivity (Wildman–Crippen MR) is 58.1 cm³/mol. The number of carbonyl (C=O) groups is 1. The van der Waals surface area contributed by atoms with Crippen LogP contribution in [-0.4, -0.2) is 29.2 Å². The van der Waals surface area contributed by atoms with Gasteiger partial charge in [-0.25, -0.2) is 14.8 Å². The number of anilines is 1. The molecule has 0 radical (unpaired) electrons. The van der Waals surface area contributed by atoms with E-state index in [4.69, 9.17) is 5.73 Å². The molecule has 1 aliphatic rings. The number of fused-ring (bicyclic) bond motifs is 1. The summed E-state index contributed by atoms with van der Waals surface area (Å²) in [6.07, 6.45) is 3.95. The number of aryl methyl sites for hydroxylation is 1.